The van der Waals surface area contributed by atoms with Gasteiger partial charge in [0.2, 0.25) is 5.91 Å². The molecule has 2 atom stereocenters. The van der Waals surface area contributed by atoms with Gasteiger partial charge in [0.1, 0.15) is 6.10 Å². The number of amides is 1. The lowest BCUT2D eigenvalue weighted by Gasteiger charge is -2.34. The van der Waals surface area contributed by atoms with Crippen LogP contribution in [0, 0.1) is 5.41 Å². The van der Waals surface area contributed by atoms with Crippen LogP contribution < -0.4 is 5.32 Å². The fourth-order valence-corrected chi connectivity index (χ4v) is 2.91. The van der Waals surface area contributed by atoms with E-state index in [0.717, 1.165) is 18.4 Å². The molecule has 0 unspecified atom stereocenters. The van der Waals surface area contributed by atoms with E-state index in [1.165, 1.54) is 0 Å². The SMILES string of the molecule is CO[C@@H](c1ccc(Cl)cc1)[C@H](C)NC(=O)C1(C)CCOCC1. The van der Waals surface area contributed by atoms with E-state index in [4.69, 9.17) is 21.1 Å². The van der Waals surface area contributed by atoms with Gasteiger partial charge in [0, 0.05) is 25.3 Å². The molecule has 1 heterocycles. The maximum atomic E-state index is 12.6. The van der Waals surface area contributed by atoms with Gasteiger partial charge in [-0.3, -0.25) is 4.79 Å². The molecule has 5 heteroatoms. The predicted molar refractivity (Wildman–Crippen MR) is 87.0 cm³/mol. The van der Waals surface area contributed by atoms with Crippen molar-refractivity contribution in [3.63, 3.8) is 0 Å². The molecule has 2 rings (SSSR count). The van der Waals surface area contributed by atoms with E-state index in [-0.39, 0.29) is 23.5 Å². The van der Waals surface area contributed by atoms with Crippen molar-refractivity contribution >= 4 is 17.5 Å². The number of nitrogens with one attached hydrogen (secondary N) is 1. The van der Waals surface area contributed by atoms with Crippen molar-refractivity contribution in [3.05, 3.63) is 34.9 Å². The highest BCUT2D eigenvalue weighted by Crippen LogP contribution is 2.31. The number of methoxy groups -OCH3 is 1. The Bertz CT molecular complexity index is 497. The summed E-state index contributed by atoms with van der Waals surface area (Å²) in [4.78, 5) is 12.6. The molecule has 1 saturated heterocycles. The van der Waals surface area contributed by atoms with Crippen molar-refractivity contribution in [1.29, 1.82) is 0 Å². The maximum absolute atomic E-state index is 12.6. The van der Waals surface area contributed by atoms with Crippen LogP contribution >= 0.6 is 11.6 Å². The van der Waals surface area contributed by atoms with Gasteiger partial charge in [-0.05, 0) is 37.5 Å². The second kappa shape index (κ2) is 7.44. The van der Waals surface area contributed by atoms with E-state index in [2.05, 4.69) is 5.32 Å². The van der Waals surface area contributed by atoms with Gasteiger partial charge in [-0.1, -0.05) is 30.7 Å². The molecule has 1 aromatic carbocycles. The highest BCUT2D eigenvalue weighted by atomic mass is 35.5. The topological polar surface area (TPSA) is 47.6 Å². The highest BCUT2D eigenvalue weighted by molar-refractivity contribution is 6.30. The predicted octanol–water partition coefficient (Wildman–Crippen LogP) is 3.35. The van der Waals surface area contributed by atoms with Crippen molar-refractivity contribution in [2.24, 2.45) is 5.41 Å². The summed E-state index contributed by atoms with van der Waals surface area (Å²) >= 11 is 5.92. The van der Waals surface area contributed by atoms with Crippen LogP contribution in [0.4, 0.5) is 0 Å². The molecular formula is C17H24ClNO3. The first kappa shape index (κ1) is 17.3. The van der Waals surface area contributed by atoms with Crippen LogP contribution in [-0.2, 0) is 14.3 Å². The largest absolute Gasteiger partial charge is 0.381 e. The maximum Gasteiger partial charge on any atom is 0.226 e. The average molecular weight is 326 g/mol. The molecule has 0 radical (unpaired) electrons. The molecule has 4 nitrogen and oxygen atoms in total. The van der Waals surface area contributed by atoms with Gasteiger partial charge in [-0.15, -0.1) is 0 Å². The van der Waals surface area contributed by atoms with E-state index >= 15 is 0 Å². The van der Waals surface area contributed by atoms with Gasteiger partial charge in [0.25, 0.3) is 0 Å². The molecule has 0 bridgehead atoms. The third kappa shape index (κ3) is 4.00. The lowest BCUT2D eigenvalue weighted by Crippen LogP contribution is -2.47. The smallest absolute Gasteiger partial charge is 0.226 e. The van der Waals surface area contributed by atoms with Crippen molar-refractivity contribution in [3.8, 4) is 0 Å². The lowest BCUT2D eigenvalue weighted by molar-refractivity contribution is -0.137. The number of hydrogen-bond acceptors (Lipinski definition) is 3. The van der Waals surface area contributed by atoms with Gasteiger partial charge in [-0.2, -0.15) is 0 Å². The summed E-state index contributed by atoms with van der Waals surface area (Å²) in [5.41, 5.74) is 0.641. The summed E-state index contributed by atoms with van der Waals surface area (Å²) in [7, 11) is 1.65. The Hall–Kier alpha value is -1.10. The molecule has 1 aliphatic heterocycles. The van der Waals surface area contributed by atoms with Crippen LogP contribution in [0.2, 0.25) is 5.02 Å². The number of ether oxygens (including phenoxy) is 2. The summed E-state index contributed by atoms with van der Waals surface area (Å²) in [6.45, 7) is 5.25. The molecular weight excluding hydrogens is 302 g/mol. The molecule has 122 valence electrons. The Labute approximate surface area is 137 Å². The second-order valence-electron chi connectivity index (χ2n) is 6.14. The van der Waals surface area contributed by atoms with E-state index in [0.29, 0.717) is 18.2 Å². The summed E-state index contributed by atoms with van der Waals surface area (Å²) in [6, 6.07) is 7.39. The van der Waals surface area contributed by atoms with E-state index in [1.54, 1.807) is 7.11 Å². The molecule has 0 spiro atoms. The van der Waals surface area contributed by atoms with Crippen LogP contribution in [0.15, 0.2) is 24.3 Å². The highest BCUT2D eigenvalue weighted by Gasteiger charge is 2.36. The minimum Gasteiger partial charge on any atom is -0.381 e. The van der Waals surface area contributed by atoms with Crippen LogP contribution in [-0.4, -0.2) is 32.3 Å². The van der Waals surface area contributed by atoms with E-state index < -0.39 is 0 Å². The van der Waals surface area contributed by atoms with Crippen LogP contribution in [0.1, 0.15) is 38.4 Å². The Morgan fingerprint density at radius 1 is 1.32 bits per heavy atom. The summed E-state index contributed by atoms with van der Waals surface area (Å²) < 4.78 is 10.9. The van der Waals surface area contributed by atoms with E-state index in [9.17, 15) is 4.79 Å². The average Bonchev–Trinajstić information content (AvgIpc) is 2.50. The third-order valence-corrected chi connectivity index (χ3v) is 4.66. The van der Waals surface area contributed by atoms with Crippen LogP contribution in [0.3, 0.4) is 0 Å². The molecule has 1 aromatic rings. The number of halogens is 1. The van der Waals surface area contributed by atoms with Crippen molar-refractivity contribution in [1.82, 2.24) is 5.32 Å². The number of hydrogen-bond donors (Lipinski definition) is 1. The Balaban J connectivity index is 2.04. The first-order valence-electron chi connectivity index (χ1n) is 7.63. The van der Waals surface area contributed by atoms with Gasteiger partial charge in [0.05, 0.1) is 11.5 Å². The van der Waals surface area contributed by atoms with Crippen LogP contribution in [0.5, 0.6) is 0 Å². The quantitative estimate of drug-likeness (QED) is 0.903. The van der Waals surface area contributed by atoms with Gasteiger partial charge in [-0.25, -0.2) is 0 Å². The monoisotopic (exact) mass is 325 g/mol. The van der Waals surface area contributed by atoms with Gasteiger partial charge < -0.3 is 14.8 Å². The number of carbonyl (C=O) groups excluding carboxylic acids is 1. The zero-order valence-corrected chi connectivity index (χ0v) is 14.2. The Morgan fingerprint density at radius 3 is 2.45 bits per heavy atom. The normalized spacial score (nSPS) is 20.2. The lowest BCUT2D eigenvalue weighted by atomic mass is 9.81. The molecule has 0 aromatic heterocycles. The molecule has 1 N–H and O–H groups in total. The third-order valence-electron chi connectivity index (χ3n) is 4.41. The van der Waals surface area contributed by atoms with Crippen LogP contribution in [0.25, 0.3) is 0 Å². The summed E-state index contributed by atoms with van der Waals surface area (Å²) in [5, 5.41) is 3.79. The zero-order valence-electron chi connectivity index (χ0n) is 13.4. The minimum atomic E-state index is -0.356. The molecule has 1 aliphatic rings. The number of carbonyl (C=O) groups is 1. The first-order chi connectivity index (χ1) is 10.5. The van der Waals surface area contributed by atoms with Gasteiger partial charge in [0.15, 0.2) is 0 Å². The van der Waals surface area contributed by atoms with Crippen molar-refractivity contribution in [2.45, 2.75) is 38.8 Å². The molecule has 0 saturated carbocycles. The molecule has 1 fully saturated rings. The number of rotatable bonds is 5. The Kier molecular flexibility index (Phi) is 5.84. The first-order valence-corrected chi connectivity index (χ1v) is 8.01. The van der Waals surface area contributed by atoms with E-state index in [1.807, 2.05) is 38.1 Å². The Morgan fingerprint density at radius 2 is 1.91 bits per heavy atom. The van der Waals surface area contributed by atoms with Crippen molar-refractivity contribution < 1.29 is 14.3 Å². The zero-order chi connectivity index (χ0) is 16.2. The fraction of sp³-hybridized carbons (Fsp3) is 0.588. The molecule has 1 amide bonds. The molecule has 0 aliphatic carbocycles. The number of benzene rings is 1. The van der Waals surface area contributed by atoms with Crippen molar-refractivity contribution in [2.75, 3.05) is 20.3 Å². The van der Waals surface area contributed by atoms with Gasteiger partial charge >= 0.3 is 0 Å². The summed E-state index contributed by atoms with van der Waals surface area (Å²) in [5.74, 6) is 0.0688. The second-order valence-corrected chi connectivity index (χ2v) is 6.58. The fourth-order valence-electron chi connectivity index (χ4n) is 2.79. The minimum absolute atomic E-state index is 0.0688. The molecule has 22 heavy (non-hydrogen) atoms. The summed E-state index contributed by atoms with van der Waals surface area (Å²) in [6.07, 6.45) is 1.30. The standard InChI is InChI=1S/C17H24ClNO3/c1-12(15(21-3)13-4-6-14(18)7-5-13)19-16(20)17(2)8-10-22-11-9-17/h4-7,12,15H,8-11H2,1-3H3,(H,19,20)/t12-,15+/m0/s1.